The number of rotatable bonds is 6. The van der Waals surface area contributed by atoms with Crippen LogP contribution in [0.5, 0.6) is 5.06 Å². The molecule has 0 saturated heterocycles. The fraction of sp³-hybridized carbons (Fsp3) is 0.600. The molecule has 1 atom stereocenters. The molecule has 0 spiro atoms. The highest BCUT2D eigenvalue weighted by Gasteiger charge is 2.36. The van der Waals surface area contributed by atoms with Crippen molar-refractivity contribution in [1.29, 1.82) is 0 Å². The fourth-order valence-corrected chi connectivity index (χ4v) is 1.81. The van der Waals surface area contributed by atoms with E-state index in [4.69, 9.17) is 23.9 Å². The fourth-order valence-electron chi connectivity index (χ4n) is 1.17. The highest BCUT2D eigenvalue weighted by atomic mass is 32.1. The number of thiophene rings is 1. The first-order valence-electron chi connectivity index (χ1n) is 5.60. The van der Waals surface area contributed by atoms with E-state index in [0.29, 0.717) is 5.06 Å². The van der Waals surface area contributed by atoms with Crippen molar-refractivity contribution in [3.63, 3.8) is 0 Å². The first kappa shape index (κ1) is 19.4. The maximum atomic E-state index is 9.18. The molecule has 1 heterocycles. The summed E-state index contributed by atoms with van der Waals surface area (Å²) in [5.74, 6) is 0. The molecule has 0 amide bonds. The minimum absolute atomic E-state index is 0.313. The second kappa shape index (κ2) is 8.66. The van der Waals surface area contributed by atoms with Crippen LogP contribution in [0.2, 0.25) is 0 Å². The Kier molecular flexibility index (Phi) is 8.42. The van der Waals surface area contributed by atoms with Gasteiger partial charge in [0.05, 0.1) is 25.2 Å². The van der Waals surface area contributed by atoms with Gasteiger partial charge in [-0.1, -0.05) is 0 Å². The Morgan fingerprint density at radius 1 is 1.15 bits per heavy atom. The molecule has 0 radical (unpaired) electrons. The van der Waals surface area contributed by atoms with E-state index >= 15 is 0 Å². The Labute approximate surface area is 121 Å². The van der Waals surface area contributed by atoms with Gasteiger partial charge in [-0.05, 0) is 24.4 Å². The molecule has 118 valence electrons. The summed E-state index contributed by atoms with van der Waals surface area (Å²) in [7, 11) is -4.61. The van der Waals surface area contributed by atoms with Crippen LogP contribution in [0.1, 0.15) is 6.92 Å². The van der Waals surface area contributed by atoms with Crippen molar-refractivity contribution in [3.8, 4) is 5.06 Å². The molecule has 0 aliphatic carbocycles. The molecule has 0 aromatic carbocycles. The van der Waals surface area contributed by atoms with Crippen molar-refractivity contribution in [2.24, 2.45) is 5.41 Å². The maximum Gasteiger partial charge on any atom is 0.668 e. The van der Waals surface area contributed by atoms with E-state index in [-0.39, 0.29) is 19.8 Å². The summed E-state index contributed by atoms with van der Waals surface area (Å²) in [5, 5.41) is 30.1. The van der Waals surface area contributed by atoms with Crippen LogP contribution < -0.4 is 4.74 Å². The van der Waals surface area contributed by atoms with Crippen LogP contribution in [-0.2, 0) is 0 Å². The number of aliphatic hydroxyl groups is 3. The van der Waals surface area contributed by atoms with E-state index in [1.54, 1.807) is 13.0 Å². The molecular formula is C10H20O8SSi. The van der Waals surface area contributed by atoms with Crippen LogP contribution in [0.15, 0.2) is 17.5 Å². The smallest absolute Gasteiger partial charge is 0.480 e. The number of aliphatic hydroxyl groups excluding tert-OH is 3. The predicted octanol–water partition coefficient (Wildman–Crippen LogP) is -2.13. The summed E-state index contributed by atoms with van der Waals surface area (Å²) >= 11 is 1.43. The molecule has 8 nitrogen and oxygen atoms in total. The minimum Gasteiger partial charge on any atom is -0.480 e. The highest BCUT2D eigenvalue weighted by Crippen LogP contribution is 2.27. The number of hydrogen-bond donors (Lipinski definition) is 7. The lowest BCUT2D eigenvalue weighted by atomic mass is 9.85. The van der Waals surface area contributed by atoms with Crippen molar-refractivity contribution >= 4 is 20.4 Å². The van der Waals surface area contributed by atoms with Gasteiger partial charge in [-0.2, -0.15) is 0 Å². The van der Waals surface area contributed by atoms with Crippen molar-refractivity contribution in [3.05, 3.63) is 17.5 Å². The lowest BCUT2D eigenvalue weighted by Gasteiger charge is -2.33. The Morgan fingerprint density at radius 2 is 1.60 bits per heavy atom. The van der Waals surface area contributed by atoms with Crippen LogP contribution in [0.25, 0.3) is 0 Å². The van der Waals surface area contributed by atoms with Gasteiger partial charge in [-0.3, -0.25) is 0 Å². The lowest BCUT2D eigenvalue weighted by Crippen LogP contribution is -2.46. The van der Waals surface area contributed by atoms with Crippen molar-refractivity contribution < 1.29 is 39.2 Å². The molecule has 0 aliphatic heterocycles. The largest absolute Gasteiger partial charge is 0.668 e. The quantitative estimate of drug-likeness (QED) is 0.293. The normalized spacial score (nSPS) is 13.4. The molecule has 0 saturated carbocycles. The van der Waals surface area contributed by atoms with Crippen molar-refractivity contribution in [2.75, 3.05) is 19.8 Å². The van der Waals surface area contributed by atoms with Crippen LogP contribution in [-0.4, -0.2) is 69.5 Å². The van der Waals surface area contributed by atoms with E-state index in [9.17, 15) is 15.3 Å². The first-order chi connectivity index (χ1) is 9.18. The molecule has 1 rings (SSSR count). The Hall–Kier alpha value is -0.563. The highest BCUT2D eigenvalue weighted by molar-refractivity contribution is 7.11. The summed E-state index contributed by atoms with van der Waals surface area (Å²) < 4.78 is 5.53. The van der Waals surface area contributed by atoms with Gasteiger partial charge in [-0.15, -0.1) is 11.3 Å². The van der Waals surface area contributed by atoms with E-state index < -0.39 is 20.6 Å². The molecule has 1 unspecified atom stereocenters. The van der Waals surface area contributed by atoms with Gasteiger partial charge in [0.15, 0.2) is 5.06 Å². The third-order valence-electron chi connectivity index (χ3n) is 2.60. The zero-order valence-corrected chi connectivity index (χ0v) is 12.7. The van der Waals surface area contributed by atoms with Gasteiger partial charge in [-0.25, -0.2) is 0 Å². The predicted molar refractivity (Wildman–Crippen MR) is 72.7 cm³/mol. The zero-order chi connectivity index (χ0) is 15.8. The van der Waals surface area contributed by atoms with E-state index in [0.717, 1.165) is 0 Å². The molecule has 1 aromatic heterocycles. The van der Waals surface area contributed by atoms with Crippen LogP contribution >= 0.6 is 11.3 Å². The molecule has 0 aliphatic rings. The summed E-state index contributed by atoms with van der Waals surface area (Å²) in [6.45, 7) is 0.786. The number of ether oxygens (including phenoxy) is 1. The Balaban J connectivity index is 0.000000621. The van der Waals surface area contributed by atoms with Crippen LogP contribution in [0.3, 0.4) is 0 Å². The molecule has 0 fully saturated rings. The Bertz CT molecular complexity index is 334. The third-order valence-corrected chi connectivity index (χ3v) is 3.35. The SMILES string of the molecule is CC(Oc1cccs1)C(CO)(CO)CO.O[Si](O)(O)O. The molecule has 0 bridgehead atoms. The zero-order valence-electron chi connectivity index (χ0n) is 10.9. The van der Waals surface area contributed by atoms with E-state index in [1.807, 2.05) is 11.4 Å². The van der Waals surface area contributed by atoms with E-state index in [1.165, 1.54) is 11.3 Å². The van der Waals surface area contributed by atoms with Crippen LogP contribution in [0, 0.1) is 5.41 Å². The maximum absolute atomic E-state index is 9.18. The summed E-state index contributed by atoms with van der Waals surface area (Å²) in [4.78, 5) is 29.3. The van der Waals surface area contributed by atoms with Gasteiger partial charge < -0.3 is 39.2 Å². The van der Waals surface area contributed by atoms with Gasteiger partial charge >= 0.3 is 9.05 Å². The molecule has 10 heteroatoms. The average Bonchev–Trinajstić information content (AvgIpc) is 2.83. The van der Waals surface area contributed by atoms with Crippen molar-refractivity contribution in [1.82, 2.24) is 0 Å². The lowest BCUT2D eigenvalue weighted by molar-refractivity contribution is -0.0638. The average molecular weight is 328 g/mol. The topological polar surface area (TPSA) is 151 Å². The second-order valence-electron chi connectivity index (χ2n) is 4.13. The van der Waals surface area contributed by atoms with Gasteiger partial charge in [0.25, 0.3) is 0 Å². The minimum atomic E-state index is -4.61. The summed E-state index contributed by atoms with van der Waals surface area (Å²) in [5.41, 5.74) is -0.996. The van der Waals surface area contributed by atoms with Crippen molar-refractivity contribution in [2.45, 2.75) is 13.0 Å². The Morgan fingerprint density at radius 3 is 1.90 bits per heavy atom. The molecule has 7 N–H and O–H groups in total. The van der Waals surface area contributed by atoms with Gasteiger partial charge in [0, 0.05) is 0 Å². The van der Waals surface area contributed by atoms with Gasteiger partial charge in [0.2, 0.25) is 0 Å². The van der Waals surface area contributed by atoms with Crippen LogP contribution in [0.4, 0.5) is 0 Å². The monoisotopic (exact) mass is 328 g/mol. The summed E-state index contributed by atoms with van der Waals surface area (Å²) in [6.07, 6.45) is -0.448. The molecule has 20 heavy (non-hydrogen) atoms. The van der Waals surface area contributed by atoms with E-state index in [2.05, 4.69) is 0 Å². The summed E-state index contributed by atoms with van der Waals surface area (Å²) in [6, 6.07) is 3.66. The molecular weight excluding hydrogens is 308 g/mol. The molecule has 1 aromatic rings. The van der Waals surface area contributed by atoms with Gasteiger partial charge in [0.1, 0.15) is 6.10 Å². The third kappa shape index (κ3) is 7.28. The standard InChI is InChI=1S/C10H16O4S.H4O4Si/c1-8(10(5-11,6-12)7-13)14-9-3-2-4-15-9;1-5(2,3)4/h2-4,8,11-13H,5-7H2,1H3;1-4H. The second-order valence-corrected chi connectivity index (χ2v) is 6.24. The first-order valence-corrected chi connectivity index (χ1v) is 8.27. The number of hydrogen-bond acceptors (Lipinski definition) is 9.